The third kappa shape index (κ3) is 3.32. The lowest BCUT2D eigenvalue weighted by Crippen LogP contribution is -2.32. The van der Waals surface area contributed by atoms with E-state index in [2.05, 4.69) is 0 Å². The zero-order chi connectivity index (χ0) is 20.3. The fraction of sp³-hybridized carbons (Fsp3) is 0.238. The van der Waals surface area contributed by atoms with Crippen molar-refractivity contribution in [3.8, 4) is 11.5 Å². The van der Waals surface area contributed by atoms with E-state index in [0.29, 0.717) is 22.6 Å². The Morgan fingerprint density at radius 3 is 2.32 bits per heavy atom. The summed E-state index contributed by atoms with van der Waals surface area (Å²) in [5.74, 6) is -0.813. The SMILES string of the molecule is COc1ccc(/C(O)=C2/C(=O)C(=O)N(CCO)C2c2ccccc2OC)cc1. The van der Waals surface area contributed by atoms with Gasteiger partial charge in [0.15, 0.2) is 0 Å². The molecule has 1 saturated heterocycles. The average molecular weight is 383 g/mol. The molecule has 1 atom stereocenters. The summed E-state index contributed by atoms with van der Waals surface area (Å²) in [6, 6.07) is 12.6. The van der Waals surface area contributed by atoms with Crippen molar-refractivity contribution in [2.75, 3.05) is 27.4 Å². The number of benzene rings is 2. The minimum absolute atomic E-state index is 0.0480. The van der Waals surface area contributed by atoms with Crippen LogP contribution in [0, 0.1) is 0 Å². The number of hydrogen-bond donors (Lipinski definition) is 2. The maximum Gasteiger partial charge on any atom is 0.295 e. The van der Waals surface area contributed by atoms with Crippen molar-refractivity contribution in [1.82, 2.24) is 4.90 Å². The number of nitrogens with zero attached hydrogens (tertiary/aromatic N) is 1. The van der Waals surface area contributed by atoms with Gasteiger partial charge in [0.1, 0.15) is 17.3 Å². The van der Waals surface area contributed by atoms with Crippen LogP contribution in [0.2, 0.25) is 0 Å². The molecule has 0 radical (unpaired) electrons. The number of carbonyl (C=O) groups is 2. The van der Waals surface area contributed by atoms with Crippen molar-refractivity contribution in [3.05, 3.63) is 65.2 Å². The molecule has 7 heteroatoms. The van der Waals surface area contributed by atoms with E-state index in [4.69, 9.17) is 9.47 Å². The molecule has 28 heavy (non-hydrogen) atoms. The molecule has 1 amide bonds. The number of aliphatic hydroxyl groups excluding tert-OH is 2. The van der Waals surface area contributed by atoms with Gasteiger partial charge in [-0.3, -0.25) is 9.59 Å². The van der Waals surface area contributed by atoms with Crippen LogP contribution in [-0.4, -0.2) is 54.2 Å². The quantitative estimate of drug-likeness (QED) is 0.451. The van der Waals surface area contributed by atoms with Crippen molar-refractivity contribution < 1.29 is 29.3 Å². The Bertz CT molecular complexity index is 919. The molecular formula is C21H21NO6. The van der Waals surface area contributed by atoms with Gasteiger partial charge in [0.2, 0.25) is 0 Å². The molecule has 0 aliphatic carbocycles. The number of rotatable bonds is 6. The summed E-state index contributed by atoms with van der Waals surface area (Å²) in [6.45, 7) is -0.367. The Balaban J connectivity index is 2.20. The van der Waals surface area contributed by atoms with Gasteiger partial charge >= 0.3 is 0 Å². The monoisotopic (exact) mass is 383 g/mol. The zero-order valence-electron chi connectivity index (χ0n) is 15.6. The fourth-order valence-corrected chi connectivity index (χ4v) is 3.34. The summed E-state index contributed by atoms with van der Waals surface area (Å²) in [5.41, 5.74) is 0.878. The second-order valence-corrected chi connectivity index (χ2v) is 6.19. The van der Waals surface area contributed by atoms with Crippen molar-refractivity contribution in [2.24, 2.45) is 0 Å². The first-order valence-electron chi connectivity index (χ1n) is 8.70. The Labute approximate surface area is 162 Å². The lowest BCUT2D eigenvalue weighted by molar-refractivity contribution is -0.140. The van der Waals surface area contributed by atoms with Crippen LogP contribution in [0.5, 0.6) is 11.5 Å². The number of amides is 1. The predicted octanol–water partition coefficient (Wildman–Crippen LogP) is 2.12. The Hall–Kier alpha value is -3.32. The molecule has 3 rings (SSSR count). The molecule has 0 bridgehead atoms. The van der Waals surface area contributed by atoms with Gasteiger partial charge in [0, 0.05) is 17.7 Å². The minimum Gasteiger partial charge on any atom is -0.507 e. The van der Waals surface area contributed by atoms with Crippen LogP contribution in [0.1, 0.15) is 17.2 Å². The molecule has 1 aliphatic heterocycles. The Morgan fingerprint density at radius 1 is 1.04 bits per heavy atom. The number of methoxy groups -OCH3 is 2. The topological polar surface area (TPSA) is 96.3 Å². The van der Waals surface area contributed by atoms with E-state index in [0.717, 1.165) is 0 Å². The highest BCUT2D eigenvalue weighted by molar-refractivity contribution is 6.46. The van der Waals surface area contributed by atoms with Gasteiger partial charge in [-0.05, 0) is 30.3 Å². The third-order valence-corrected chi connectivity index (χ3v) is 4.68. The number of para-hydroxylation sites is 1. The minimum atomic E-state index is -0.870. The van der Waals surface area contributed by atoms with Crippen LogP contribution in [0.4, 0.5) is 0 Å². The van der Waals surface area contributed by atoms with Gasteiger partial charge in [-0.15, -0.1) is 0 Å². The maximum atomic E-state index is 12.8. The number of hydrogen-bond acceptors (Lipinski definition) is 6. The molecule has 146 valence electrons. The summed E-state index contributed by atoms with van der Waals surface area (Å²) in [6.07, 6.45) is 0. The van der Waals surface area contributed by atoms with Crippen LogP contribution >= 0.6 is 0 Å². The number of carbonyl (C=O) groups excluding carboxylic acids is 2. The normalized spacial score (nSPS) is 18.4. The van der Waals surface area contributed by atoms with E-state index in [1.165, 1.54) is 19.1 Å². The largest absolute Gasteiger partial charge is 0.507 e. The number of ketones is 1. The fourth-order valence-electron chi connectivity index (χ4n) is 3.34. The van der Waals surface area contributed by atoms with Gasteiger partial charge in [-0.2, -0.15) is 0 Å². The highest BCUT2D eigenvalue weighted by atomic mass is 16.5. The van der Waals surface area contributed by atoms with E-state index in [1.807, 2.05) is 0 Å². The molecule has 1 heterocycles. The first-order valence-corrected chi connectivity index (χ1v) is 8.70. The van der Waals surface area contributed by atoms with Gasteiger partial charge in [0.05, 0.1) is 32.4 Å². The van der Waals surface area contributed by atoms with E-state index in [9.17, 15) is 19.8 Å². The predicted molar refractivity (Wildman–Crippen MR) is 102 cm³/mol. The smallest absolute Gasteiger partial charge is 0.295 e. The van der Waals surface area contributed by atoms with Crippen LogP contribution in [-0.2, 0) is 9.59 Å². The van der Waals surface area contributed by atoms with Crippen molar-refractivity contribution in [3.63, 3.8) is 0 Å². The third-order valence-electron chi connectivity index (χ3n) is 4.68. The molecule has 1 unspecified atom stereocenters. The van der Waals surface area contributed by atoms with Gasteiger partial charge in [-0.25, -0.2) is 0 Å². The van der Waals surface area contributed by atoms with Gasteiger partial charge in [-0.1, -0.05) is 18.2 Å². The van der Waals surface area contributed by atoms with Crippen LogP contribution < -0.4 is 9.47 Å². The van der Waals surface area contributed by atoms with E-state index < -0.39 is 17.7 Å². The van der Waals surface area contributed by atoms with Gasteiger partial charge in [0.25, 0.3) is 11.7 Å². The van der Waals surface area contributed by atoms with Crippen LogP contribution in [0.25, 0.3) is 5.76 Å². The van der Waals surface area contributed by atoms with E-state index >= 15 is 0 Å². The number of likely N-dealkylation sites (tertiary alicyclic amines) is 1. The van der Waals surface area contributed by atoms with Gasteiger partial charge < -0.3 is 24.6 Å². The first kappa shape index (κ1) is 19.4. The standard InChI is InChI=1S/C21H21NO6/c1-27-14-9-7-13(8-10-14)19(24)17-18(15-5-3-4-6-16(15)28-2)22(11-12-23)21(26)20(17)25/h3-10,18,23-24H,11-12H2,1-2H3/b19-17-. The molecule has 2 N–H and O–H groups in total. The van der Waals surface area contributed by atoms with Crippen LogP contribution in [0.15, 0.2) is 54.1 Å². The molecular weight excluding hydrogens is 362 g/mol. The van der Waals surface area contributed by atoms with Crippen molar-refractivity contribution in [1.29, 1.82) is 0 Å². The lowest BCUT2D eigenvalue weighted by atomic mass is 9.94. The van der Waals surface area contributed by atoms with E-state index in [1.54, 1.807) is 48.5 Å². The number of Topliss-reactive ketones (excluding diaryl/α,β-unsaturated/α-hetero) is 1. The average Bonchev–Trinajstić information content (AvgIpc) is 2.98. The molecule has 1 aliphatic rings. The Kier molecular flexibility index (Phi) is 5.65. The number of aliphatic hydroxyl groups is 2. The first-order chi connectivity index (χ1) is 13.5. The molecule has 2 aromatic carbocycles. The summed E-state index contributed by atoms with van der Waals surface area (Å²) in [7, 11) is 3.01. The molecule has 2 aromatic rings. The van der Waals surface area contributed by atoms with Crippen molar-refractivity contribution in [2.45, 2.75) is 6.04 Å². The number of β-amino-alcohol motifs (C(OH)–C–C–N with tert-alkyl or cyclic N) is 1. The summed E-state index contributed by atoms with van der Waals surface area (Å²) in [4.78, 5) is 26.6. The summed E-state index contributed by atoms with van der Waals surface area (Å²) in [5, 5.41) is 20.3. The van der Waals surface area contributed by atoms with Crippen molar-refractivity contribution >= 4 is 17.4 Å². The Morgan fingerprint density at radius 2 is 1.71 bits per heavy atom. The lowest BCUT2D eigenvalue weighted by Gasteiger charge is -2.25. The highest BCUT2D eigenvalue weighted by Gasteiger charge is 2.46. The second kappa shape index (κ2) is 8.14. The molecule has 0 saturated carbocycles. The summed E-state index contributed by atoms with van der Waals surface area (Å²) < 4.78 is 10.5. The van der Waals surface area contributed by atoms with E-state index in [-0.39, 0.29) is 24.5 Å². The molecule has 1 fully saturated rings. The molecule has 0 aromatic heterocycles. The number of ether oxygens (including phenoxy) is 2. The molecule has 0 spiro atoms. The molecule has 7 nitrogen and oxygen atoms in total. The highest BCUT2D eigenvalue weighted by Crippen LogP contribution is 2.42. The van der Waals surface area contributed by atoms with Crippen LogP contribution in [0.3, 0.4) is 0 Å². The zero-order valence-corrected chi connectivity index (χ0v) is 15.6. The second-order valence-electron chi connectivity index (χ2n) is 6.19. The summed E-state index contributed by atoms with van der Waals surface area (Å²) >= 11 is 0. The maximum absolute atomic E-state index is 12.8.